The maximum atomic E-state index is 11.0. The first-order valence-corrected chi connectivity index (χ1v) is 6.43. The van der Waals surface area contributed by atoms with Crippen molar-refractivity contribution >= 4 is 73.7 Å². The zero-order chi connectivity index (χ0) is 10.5. The molecule has 0 bridgehead atoms. The predicted molar refractivity (Wildman–Crippen MR) is 78.2 cm³/mol. The summed E-state index contributed by atoms with van der Waals surface area (Å²) < 4.78 is 4.44. The number of allylic oxidation sites excluding steroid dienone is 1. The Morgan fingerprint density at radius 3 is 2.46 bits per heavy atom. The molecule has 0 aromatic heterocycles. The number of rotatable bonds is 4. The molecule has 0 aliphatic heterocycles. The van der Waals surface area contributed by atoms with Gasteiger partial charge in [0.05, 0.1) is 5.70 Å². The van der Waals surface area contributed by atoms with Crippen molar-refractivity contribution in [2.24, 2.45) is 5.73 Å². The lowest BCUT2D eigenvalue weighted by atomic mass is 10.4. The molecule has 74 valence electrons. The first kappa shape index (κ1) is 13.9. The zero-order valence-electron chi connectivity index (χ0n) is 6.60. The summed E-state index contributed by atoms with van der Waals surface area (Å²) in [5.41, 5.74) is 6.11. The van der Waals surface area contributed by atoms with Gasteiger partial charge in [0.1, 0.15) is 6.61 Å². The third-order valence-electron chi connectivity index (χ3n) is 0.944. The van der Waals surface area contributed by atoms with Crippen LogP contribution in [0.25, 0.3) is 0 Å². The van der Waals surface area contributed by atoms with E-state index in [9.17, 15) is 4.79 Å². The number of esters is 1. The second kappa shape index (κ2) is 6.43. The van der Waals surface area contributed by atoms with E-state index in [2.05, 4.69) is 74.4 Å². The van der Waals surface area contributed by atoms with Gasteiger partial charge in [-0.2, -0.15) is 0 Å². The van der Waals surface area contributed by atoms with Gasteiger partial charge in [-0.05, 0) is 67.8 Å². The van der Waals surface area contributed by atoms with Gasteiger partial charge in [-0.3, -0.25) is 0 Å². The van der Waals surface area contributed by atoms with Gasteiger partial charge in [0, 0.05) is 6.08 Å². The van der Waals surface area contributed by atoms with Gasteiger partial charge in [0.2, 0.25) is 0 Å². The number of hydrogen-bond acceptors (Lipinski definition) is 3. The average molecular weight is 519 g/mol. The van der Waals surface area contributed by atoms with Crippen molar-refractivity contribution in [3.63, 3.8) is 0 Å². The molecule has 2 N–H and O–H groups in total. The molecule has 0 unspecified atom stereocenters. The molecule has 0 rings (SSSR count). The summed E-state index contributed by atoms with van der Waals surface area (Å²) in [5, 5.41) is 0. The maximum absolute atomic E-state index is 11.0. The van der Waals surface area contributed by atoms with Crippen LogP contribution in [0.3, 0.4) is 0 Å². The van der Waals surface area contributed by atoms with Gasteiger partial charge in [0.25, 0.3) is 0 Å². The van der Waals surface area contributed by atoms with Crippen LogP contribution in [-0.2, 0) is 9.53 Å². The number of halogens is 3. The third-order valence-corrected chi connectivity index (χ3v) is 2.81. The van der Waals surface area contributed by atoms with Crippen molar-refractivity contribution in [2.45, 2.75) is -0.565 Å². The number of carbonyl (C=O) groups excluding carboxylic acids is 1. The number of nitrogens with two attached hydrogens (primary N) is 1. The minimum atomic E-state index is -0.438. The Kier molecular flexibility index (Phi) is 6.89. The van der Waals surface area contributed by atoms with Crippen LogP contribution >= 0.6 is 67.8 Å². The molecule has 3 nitrogen and oxygen atoms in total. The molecule has 0 aliphatic rings. The molecule has 13 heavy (non-hydrogen) atoms. The molecule has 0 saturated heterocycles. The van der Waals surface area contributed by atoms with E-state index in [0.717, 1.165) is 0 Å². The van der Waals surface area contributed by atoms with Gasteiger partial charge >= 0.3 is 5.97 Å². The summed E-state index contributed by atoms with van der Waals surface area (Å²) in [5.74, 6) is -0.438. The maximum Gasteiger partial charge on any atom is 0.332 e. The Balaban J connectivity index is 4.22. The molecule has 0 heterocycles. The molecular weight excluding hydrogens is 511 g/mol. The quantitative estimate of drug-likeness (QED) is 0.205. The molecule has 0 atom stereocenters. The molecule has 0 fully saturated rings. The first-order chi connectivity index (χ1) is 5.88. The highest BCUT2D eigenvalue weighted by Gasteiger charge is 2.21. The zero-order valence-corrected chi connectivity index (χ0v) is 13.1. The van der Waals surface area contributed by atoms with Gasteiger partial charge in [-0.1, -0.05) is 12.7 Å². The minimum absolute atomic E-state index is 0.208. The lowest BCUT2D eigenvalue weighted by molar-refractivity contribution is -0.136. The van der Waals surface area contributed by atoms with E-state index in [1.54, 1.807) is 0 Å². The summed E-state index contributed by atoms with van der Waals surface area (Å²) in [4.78, 5) is 11.0. The van der Waals surface area contributed by atoms with Crippen molar-refractivity contribution in [1.29, 1.82) is 0 Å². The van der Waals surface area contributed by atoms with Crippen molar-refractivity contribution < 1.29 is 9.53 Å². The topological polar surface area (TPSA) is 52.3 Å². The van der Waals surface area contributed by atoms with Gasteiger partial charge in [0.15, 0.2) is -0.565 Å². The summed E-state index contributed by atoms with van der Waals surface area (Å²) in [6.07, 6.45) is 2.79. The monoisotopic (exact) mass is 519 g/mol. The van der Waals surface area contributed by atoms with Crippen molar-refractivity contribution in [1.82, 2.24) is 0 Å². The summed E-state index contributed by atoms with van der Waals surface area (Å²) in [6.45, 7) is 3.63. The van der Waals surface area contributed by atoms with Crippen molar-refractivity contribution in [2.75, 3.05) is 6.61 Å². The summed E-state index contributed by atoms with van der Waals surface area (Å²) in [7, 11) is 0. The Bertz CT molecular complexity index is 232. The van der Waals surface area contributed by atoms with Gasteiger partial charge < -0.3 is 10.5 Å². The fourth-order valence-electron chi connectivity index (χ4n) is 0.392. The molecule has 0 spiro atoms. The van der Waals surface area contributed by atoms with Crippen molar-refractivity contribution in [3.05, 3.63) is 24.4 Å². The van der Waals surface area contributed by atoms with Gasteiger partial charge in [-0.25, -0.2) is 4.79 Å². The van der Waals surface area contributed by atoms with Crippen LogP contribution in [0.4, 0.5) is 0 Å². The highest BCUT2D eigenvalue weighted by molar-refractivity contribution is 14.3. The van der Waals surface area contributed by atoms with E-state index in [-0.39, 0.29) is 6.04 Å². The average Bonchev–Trinajstić information content (AvgIpc) is 1.99. The normalized spacial score (nSPS) is 12.4. The van der Waals surface area contributed by atoms with Crippen LogP contribution in [0.15, 0.2) is 24.4 Å². The lowest BCUT2D eigenvalue weighted by Gasteiger charge is -2.11. The van der Waals surface area contributed by atoms with Crippen LogP contribution in [0.2, 0.25) is 0 Å². The van der Waals surface area contributed by atoms with Crippen LogP contribution < -0.4 is 5.73 Å². The molecule has 0 saturated carbocycles. The van der Waals surface area contributed by atoms with E-state index >= 15 is 0 Å². The highest BCUT2D eigenvalue weighted by atomic mass is 127. The largest absolute Gasteiger partial charge is 0.458 e. The Labute approximate surface area is 118 Å². The molecule has 0 amide bonds. The van der Waals surface area contributed by atoms with E-state index < -0.39 is 5.97 Å². The summed E-state index contributed by atoms with van der Waals surface area (Å²) in [6, 6.07) is 0. The molecule has 0 aromatic rings. The van der Waals surface area contributed by atoms with Crippen LogP contribution in [0.1, 0.15) is 0 Å². The third kappa shape index (κ3) is 6.94. The fourth-order valence-corrected chi connectivity index (χ4v) is 0.859. The van der Waals surface area contributed by atoms with E-state index in [4.69, 9.17) is 10.5 Å². The van der Waals surface area contributed by atoms with Crippen molar-refractivity contribution in [3.8, 4) is 0 Å². The van der Waals surface area contributed by atoms with Crippen LogP contribution in [0.5, 0.6) is 0 Å². The molecule has 0 aromatic carbocycles. The van der Waals surface area contributed by atoms with E-state index in [0.29, 0.717) is 5.70 Å². The Morgan fingerprint density at radius 2 is 2.08 bits per heavy atom. The van der Waals surface area contributed by atoms with E-state index in [1.807, 2.05) is 0 Å². The van der Waals surface area contributed by atoms with E-state index in [1.165, 1.54) is 12.2 Å². The molecule has 0 aliphatic carbocycles. The number of carbonyl (C=O) groups is 1. The van der Waals surface area contributed by atoms with Crippen LogP contribution in [-0.4, -0.2) is 12.0 Å². The van der Waals surface area contributed by atoms with Gasteiger partial charge in [-0.15, -0.1) is 0 Å². The number of ether oxygens (including phenoxy) is 1. The number of alkyl halides is 3. The Hall–Kier alpha value is 0.940. The minimum Gasteiger partial charge on any atom is -0.458 e. The molecular formula is C7H8I3NO2. The fraction of sp³-hybridized carbons (Fsp3) is 0.286. The predicted octanol–water partition coefficient (Wildman–Crippen LogP) is 2.52. The first-order valence-electron chi connectivity index (χ1n) is 3.20. The molecule has 6 heteroatoms. The number of hydrogen-bond donors (Lipinski definition) is 1. The summed E-state index contributed by atoms with van der Waals surface area (Å²) >= 11 is 6.38. The molecule has 0 radical (unpaired) electrons. The Morgan fingerprint density at radius 1 is 1.54 bits per heavy atom. The lowest BCUT2D eigenvalue weighted by Crippen LogP contribution is -2.16. The second-order valence-electron chi connectivity index (χ2n) is 2.02. The van der Waals surface area contributed by atoms with Crippen LogP contribution in [0, 0.1) is 0 Å². The second-order valence-corrected chi connectivity index (χ2v) is 13.1. The smallest absolute Gasteiger partial charge is 0.332 e. The SMILES string of the molecule is C=CCOC(=O)/C=C(\N)C(I)(I)I. The standard InChI is InChI=1S/C7H8I3NO2/c1-2-3-13-6(12)4-5(11)7(8,9)10/h2,4H,1,3,11H2/b5-4-. The highest BCUT2D eigenvalue weighted by Crippen LogP contribution is 2.40.